The third kappa shape index (κ3) is 4.83. The molecule has 2 aromatic carbocycles. The van der Waals surface area contributed by atoms with Gasteiger partial charge in [0.1, 0.15) is 24.7 Å². The zero-order valence-electron chi connectivity index (χ0n) is 16.2. The molecule has 0 bridgehead atoms. The Morgan fingerprint density at radius 3 is 2.76 bits per heavy atom. The molecule has 1 fully saturated rings. The fourth-order valence-electron chi connectivity index (χ4n) is 3.51. The molecule has 4 rings (SSSR count). The summed E-state index contributed by atoms with van der Waals surface area (Å²) in [6.45, 7) is 2.32. The van der Waals surface area contributed by atoms with Gasteiger partial charge in [0.25, 0.3) is 0 Å². The molecule has 1 aliphatic rings. The summed E-state index contributed by atoms with van der Waals surface area (Å²) in [5, 5.41) is 3.97. The van der Waals surface area contributed by atoms with Gasteiger partial charge in [-0.25, -0.2) is 4.98 Å². The number of imidazole rings is 1. The van der Waals surface area contributed by atoms with Gasteiger partial charge >= 0.3 is 0 Å². The molecule has 1 unspecified atom stereocenters. The highest BCUT2D eigenvalue weighted by Gasteiger charge is 2.24. The SMILES string of the molecule is CN(C(=O)Cn1c(COc2ccc(Cl)cc2)nc2ccccc21)C1CCNC1.Cl. The third-order valence-corrected chi connectivity index (χ3v) is 5.44. The number of aromatic nitrogens is 2. The monoisotopic (exact) mass is 434 g/mol. The molecule has 3 aromatic rings. The number of hydrogen-bond donors (Lipinski definition) is 1. The fraction of sp³-hybridized carbons (Fsp3) is 0.333. The predicted molar refractivity (Wildman–Crippen MR) is 117 cm³/mol. The van der Waals surface area contributed by atoms with Crippen molar-refractivity contribution in [2.45, 2.75) is 25.6 Å². The van der Waals surface area contributed by atoms with E-state index >= 15 is 0 Å². The maximum atomic E-state index is 12.9. The van der Waals surface area contributed by atoms with Crippen LogP contribution in [-0.2, 0) is 17.9 Å². The Hall–Kier alpha value is -2.28. The average molecular weight is 435 g/mol. The Balaban J connectivity index is 0.00000240. The topological polar surface area (TPSA) is 59.4 Å². The highest BCUT2D eigenvalue weighted by Crippen LogP contribution is 2.20. The van der Waals surface area contributed by atoms with Gasteiger partial charge in [0.05, 0.1) is 11.0 Å². The number of rotatable bonds is 6. The van der Waals surface area contributed by atoms with Gasteiger partial charge in [0.15, 0.2) is 0 Å². The van der Waals surface area contributed by atoms with E-state index in [0.717, 1.165) is 36.4 Å². The highest BCUT2D eigenvalue weighted by atomic mass is 35.5. The molecule has 154 valence electrons. The molecule has 1 atom stereocenters. The van der Waals surface area contributed by atoms with Gasteiger partial charge in [0.2, 0.25) is 5.91 Å². The number of amides is 1. The lowest BCUT2D eigenvalue weighted by Gasteiger charge is -2.24. The minimum absolute atomic E-state index is 0. The molecule has 1 N–H and O–H groups in total. The van der Waals surface area contributed by atoms with Crippen LogP contribution >= 0.6 is 24.0 Å². The number of nitrogens with one attached hydrogen (secondary N) is 1. The fourth-order valence-corrected chi connectivity index (χ4v) is 3.64. The standard InChI is InChI=1S/C21H23ClN4O2.ClH/c1-25(16-10-11-23-12-16)21(27)13-26-19-5-3-2-4-18(19)24-20(26)14-28-17-8-6-15(22)7-9-17;/h2-9,16,23H,10-14H2,1H3;1H. The Labute approximate surface area is 181 Å². The first kappa shape index (κ1) is 21.4. The lowest BCUT2D eigenvalue weighted by molar-refractivity contribution is -0.132. The van der Waals surface area contributed by atoms with Gasteiger partial charge in [-0.1, -0.05) is 23.7 Å². The molecule has 0 saturated carbocycles. The molecule has 2 heterocycles. The number of fused-ring (bicyclic) bond motifs is 1. The molecular formula is C21H24Cl2N4O2. The van der Waals surface area contributed by atoms with Crippen molar-refractivity contribution in [1.82, 2.24) is 19.8 Å². The van der Waals surface area contributed by atoms with Crippen molar-refractivity contribution in [3.63, 3.8) is 0 Å². The van der Waals surface area contributed by atoms with Crippen molar-refractivity contribution < 1.29 is 9.53 Å². The number of para-hydroxylation sites is 2. The predicted octanol–water partition coefficient (Wildman–Crippen LogP) is 3.51. The maximum absolute atomic E-state index is 12.9. The van der Waals surface area contributed by atoms with Crippen LogP contribution in [0.5, 0.6) is 5.75 Å². The number of carbonyl (C=O) groups is 1. The quantitative estimate of drug-likeness (QED) is 0.644. The number of ether oxygens (including phenoxy) is 1. The molecule has 1 aromatic heterocycles. The van der Waals surface area contributed by atoms with E-state index in [0.29, 0.717) is 10.8 Å². The van der Waals surface area contributed by atoms with Gasteiger partial charge < -0.3 is 19.5 Å². The normalized spacial score (nSPS) is 15.9. The number of likely N-dealkylation sites (N-methyl/N-ethyl adjacent to an activating group) is 1. The molecule has 1 aliphatic heterocycles. The van der Waals surface area contributed by atoms with Gasteiger partial charge in [-0.05, 0) is 49.4 Å². The van der Waals surface area contributed by atoms with Crippen LogP contribution in [0, 0.1) is 0 Å². The lowest BCUT2D eigenvalue weighted by Crippen LogP contribution is -2.40. The van der Waals surface area contributed by atoms with E-state index in [-0.39, 0.29) is 37.5 Å². The Morgan fingerprint density at radius 1 is 1.28 bits per heavy atom. The average Bonchev–Trinajstić information content (AvgIpc) is 3.36. The maximum Gasteiger partial charge on any atom is 0.242 e. The molecule has 0 spiro atoms. The van der Waals surface area contributed by atoms with Crippen molar-refractivity contribution in [3.05, 3.63) is 59.4 Å². The minimum Gasteiger partial charge on any atom is -0.486 e. The van der Waals surface area contributed by atoms with Gasteiger partial charge in [-0.2, -0.15) is 0 Å². The van der Waals surface area contributed by atoms with Gasteiger partial charge in [0, 0.05) is 24.7 Å². The molecular weight excluding hydrogens is 411 g/mol. The summed E-state index contributed by atoms with van der Waals surface area (Å²) in [6, 6.07) is 15.3. The lowest BCUT2D eigenvalue weighted by atomic mass is 10.2. The van der Waals surface area contributed by atoms with Crippen LogP contribution in [0.4, 0.5) is 0 Å². The number of hydrogen-bond acceptors (Lipinski definition) is 4. The van der Waals surface area contributed by atoms with Crippen LogP contribution in [0.25, 0.3) is 11.0 Å². The summed E-state index contributed by atoms with van der Waals surface area (Å²) in [7, 11) is 1.88. The van der Waals surface area contributed by atoms with Gasteiger partial charge in [-0.3, -0.25) is 4.79 Å². The number of halogens is 2. The van der Waals surface area contributed by atoms with Crippen molar-refractivity contribution >= 4 is 40.9 Å². The summed E-state index contributed by atoms with van der Waals surface area (Å²) in [5.41, 5.74) is 1.79. The van der Waals surface area contributed by atoms with Crippen LogP contribution in [0.2, 0.25) is 5.02 Å². The van der Waals surface area contributed by atoms with Crippen LogP contribution < -0.4 is 10.1 Å². The molecule has 0 aliphatic carbocycles. The molecule has 6 nitrogen and oxygen atoms in total. The van der Waals surface area contributed by atoms with Crippen molar-refractivity contribution in [3.8, 4) is 5.75 Å². The zero-order chi connectivity index (χ0) is 19.5. The summed E-state index contributed by atoms with van der Waals surface area (Å²) in [4.78, 5) is 19.4. The van der Waals surface area contributed by atoms with Crippen molar-refractivity contribution in [2.75, 3.05) is 20.1 Å². The Morgan fingerprint density at radius 2 is 2.03 bits per heavy atom. The van der Waals surface area contributed by atoms with E-state index in [1.54, 1.807) is 12.1 Å². The first-order valence-electron chi connectivity index (χ1n) is 9.41. The number of benzene rings is 2. The van der Waals surface area contributed by atoms with E-state index in [4.69, 9.17) is 16.3 Å². The largest absolute Gasteiger partial charge is 0.486 e. The molecule has 0 radical (unpaired) electrons. The van der Waals surface area contributed by atoms with E-state index in [1.807, 2.05) is 52.9 Å². The van der Waals surface area contributed by atoms with E-state index < -0.39 is 0 Å². The first-order chi connectivity index (χ1) is 13.6. The molecule has 29 heavy (non-hydrogen) atoms. The Bertz CT molecular complexity index is 968. The molecule has 1 amide bonds. The summed E-state index contributed by atoms with van der Waals surface area (Å²) >= 11 is 5.93. The van der Waals surface area contributed by atoms with E-state index in [2.05, 4.69) is 10.3 Å². The zero-order valence-corrected chi connectivity index (χ0v) is 17.7. The number of carbonyl (C=O) groups excluding carboxylic acids is 1. The smallest absolute Gasteiger partial charge is 0.242 e. The Kier molecular flexibility index (Phi) is 7.00. The second-order valence-corrected chi connectivity index (χ2v) is 7.43. The second-order valence-electron chi connectivity index (χ2n) is 7.00. The number of nitrogens with zero attached hydrogens (tertiary/aromatic N) is 3. The minimum atomic E-state index is 0. The van der Waals surface area contributed by atoms with Crippen LogP contribution in [0.15, 0.2) is 48.5 Å². The molecule has 1 saturated heterocycles. The second kappa shape index (κ2) is 9.48. The molecule has 8 heteroatoms. The summed E-state index contributed by atoms with van der Waals surface area (Å²) in [6.07, 6.45) is 0.986. The third-order valence-electron chi connectivity index (χ3n) is 5.18. The van der Waals surface area contributed by atoms with Crippen LogP contribution in [0.3, 0.4) is 0 Å². The van der Waals surface area contributed by atoms with Crippen molar-refractivity contribution in [2.24, 2.45) is 0 Å². The van der Waals surface area contributed by atoms with E-state index in [1.165, 1.54) is 0 Å². The first-order valence-corrected chi connectivity index (χ1v) is 9.78. The van der Waals surface area contributed by atoms with Crippen LogP contribution in [-0.4, -0.2) is 46.5 Å². The summed E-state index contributed by atoms with van der Waals surface area (Å²) in [5.74, 6) is 1.51. The highest BCUT2D eigenvalue weighted by molar-refractivity contribution is 6.30. The van der Waals surface area contributed by atoms with E-state index in [9.17, 15) is 4.79 Å². The van der Waals surface area contributed by atoms with Crippen molar-refractivity contribution in [1.29, 1.82) is 0 Å². The summed E-state index contributed by atoms with van der Waals surface area (Å²) < 4.78 is 7.83. The van der Waals surface area contributed by atoms with Crippen LogP contribution in [0.1, 0.15) is 12.2 Å². The van der Waals surface area contributed by atoms with Gasteiger partial charge in [-0.15, -0.1) is 12.4 Å².